The predicted octanol–water partition coefficient (Wildman–Crippen LogP) is 2.67. The second-order valence-electron chi connectivity index (χ2n) is 8.12. The number of likely N-dealkylation sites (N-methyl/N-ethyl adjacent to an activating group) is 1. The minimum Gasteiger partial charge on any atom is -0.357 e. The number of rotatable bonds is 6. The van der Waals surface area contributed by atoms with Crippen molar-refractivity contribution in [3.05, 3.63) is 35.6 Å². The number of benzene rings is 1. The maximum absolute atomic E-state index is 13.6. The number of amides is 1. The van der Waals surface area contributed by atoms with Crippen LogP contribution in [0.25, 0.3) is 0 Å². The minimum absolute atomic E-state index is 0.0446. The first-order chi connectivity index (χ1) is 12.1. The van der Waals surface area contributed by atoms with E-state index < -0.39 is 0 Å². The largest absolute Gasteiger partial charge is 0.357 e. The summed E-state index contributed by atoms with van der Waals surface area (Å²) in [4.78, 5) is 18.7. The third-order valence-electron chi connectivity index (χ3n) is 4.41. The molecule has 0 saturated heterocycles. The van der Waals surface area contributed by atoms with Crippen molar-refractivity contribution >= 4 is 11.9 Å². The smallest absolute Gasteiger partial charge is 0.240 e. The molecule has 2 N–H and O–H groups in total. The highest BCUT2D eigenvalue weighted by molar-refractivity contribution is 5.86. The van der Waals surface area contributed by atoms with Crippen LogP contribution in [0.4, 0.5) is 4.39 Å². The Hall–Kier alpha value is -2.11. The van der Waals surface area contributed by atoms with E-state index in [-0.39, 0.29) is 29.2 Å². The molecule has 0 aliphatic heterocycles. The van der Waals surface area contributed by atoms with Crippen LogP contribution in [0.15, 0.2) is 29.3 Å². The van der Waals surface area contributed by atoms with Crippen molar-refractivity contribution in [2.45, 2.75) is 51.5 Å². The van der Waals surface area contributed by atoms with Crippen LogP contribution >= 0.6 is 0 Å². The number of nitrogens with one attached hydrogen (secondary N) is 2. The Morgan fingerprint density at radius 3 is 2.58 bits per heavy atom. The molecule has 1 amide bonds. The highest BCUT2D eigenvalue weighted by Crippen LogP contribution is 2.48. The van der Waals surface area contributed by atoms with Gasteiger partial charge in [0.2, 0.25) is 5.91 Å². The highest BCUT2D eigenvalue weighted by atomic mass is 19.1. The molecule has 1 aliphatic rings. The topological polar surface area (TPSA) is 56.7 Å². The van der Waals surface area contributed by atoms with E-state index in [4.69, 9.17) is 4.99 Å². The Morgan fingerprint density at radius 2 is 2.04 bits per heavy atom. The van der Waals surface area contributed by atoms with Crippen molar-refractivity contribution in [2.75, 3.05) is 26.7 Å². The van der Waals surface area contributed by atoms with Gasteiger partial charge in [-0.2, -0.15) is 0 Å². The number of carbonyl (C=O) groups is 1. The number of halogens is 1. The zero-order chi connectivity index (χ0) is 19.4. The van der Waals surface area contributed by atoms with E-state index in [9.17, 15) is 9.18 Å². The van der Waals surface area contributed by atoms with Crippen LogP contribution in [0.2, 0.25) is 0 Å². The Kier molecular flexibility index (Phi) is 6.26. The van der Waals surface area contributed by atoms with Gasteiger partial charge in [-0.1, -0.05) is 12.1 Å². The van der Waals surface area contributed by atoms with E-state index in [0.717, 1.165) is 24.9 Å². The molecule has 0 aromatic heterocycles. The van der Waals surface area contributed by atoms with E-state index >= 15 is 0 Å². The van der Waals surface area contributed by atoms with Crippen molar-refractivity contribution in [3.63, 3.8) is 0 Å². The molecule has 144 valence electrons. The Balaban J connectivity index is 2.05. The fourth-order valence-electron chi connectivity index (χ4n) is 2.95. The lowest BCUT2D eigenvalue weighted by Crippen LogP contribution is -2.49. The maximum Gasteiger partial charge on any atom is 0.240 e. The SMILES string of the molecule is CCNC(=NCC1(c2cccc(F)c2)CC1)N(C)CC(=O)NC(C)(C)C. The van der Waals surface area contributed by atoms with E-state index in [1.165, 1.54) is 6.07 Å². The molecule has 5 nitrogen and oxygen atoms in total. The lowest BCUT2D eigenvalue weighted by molar-refractivity contribution is -0.122. The van der Waals surface area contributed by atoms with Crippen LogP contribution in [-0.2, 0) is 10.2 Å². The average molecular weight is 362 g/mol. The summed E-state index contributed by atoms with van der Waals surface area (Å²) >= 11 is 0. The third-order valence-corrected chi connectivity index (χ3v) is 4.41. The standard InChI is InChI=1S/C20H31FN4O/c1-6-22-18(25(5)13-17(26)24-19(2,3)4)23-14-20(10-11-20)15-8-7-9-16(21)12-15/h7-9,12H,6,10-11,13-14H2,1-5H3,(H,22,23)(H,24,26). The molecule has 6 heteroatoms. The first kappa shape index (κ1) is 20.2. The fraction of sp³-hybridized carbons (Fsp3) is 0.600. The quantitative estimate of drug-likeness (QED) is 0.604. The summed E-state index contributed by atoms with van der Waals surface area (Å²) in [5.41, 5.74) is 0.672. The summed E-state index contributed by atoms with van der Waals surface area (Å²) in [5.74, 6) is 0.441. The molecule has 0 atom stereocenters. The number of guanidine groups is 1. The predicted molar refractivity (Wildman–Crippen MR) is 104 cm³/mol. The van der Waals surface area contributed by atoms with Gasteiger partial charge in [0.1, 0.15) is 5.82 Å². The van der Waals surface area contributed by atoms with Gasteiger partial charge in [0.25, 0.3) is 0 Å². The van der Waals surface area contributed by atoms with E-state index in [1.807, 2.05) is 45.7 Å². The van der Waals surface area contributed by atoms with Crippen LogP contribution in [0.1, 0.15) is 46.1 Å². The summed E-state index contributed by atoms with van der Waals surface area (Å²) in [6, 6.07) is 6.80. The molecule has 2 rings (SSSR count). The van der Waals surface area contributed by atoms with Gasteiger partial charge in [-0.15, -0.1) is 0 Å². The van der Waals surface area contributed by atoms with Crippen molar-refractivity contribution < 1.29 is 9.18 Å². The van der Waals surface area contributed by atoms with Crippen molar-refractivity contribution in [1.82, 2.24) is 15.5 Å². The zero-order valence-electron chi connectivity index (χ0n) is 16.5. The van der Waals surface area contributed by atoms with Crippen molar-refractivity contribution in [1.29, 1.82) is 0 Å². The second kappa shape index (κ2) is 8.06. The average Bonchev–Trinajstić information content (AvgIpc) is 3.30. The first-order valence-electron chi connectivity index (χ1n) is 9.22. The molecule has 1 saturated carbocycles. The first-order valence-corrected chi connectivity index (χ1v) is 9.22. The highest BCUT2D eigenvalue weighted by Gasteiger charge is 2.44. The molecular weight excluding hydrogens is 331 g/mol. The van der Waals surface area contributed by atoms with E-state index in [0.29, 0.717) is 12.5 Å². The second-order valence-corrected chi connectivity index (χ2v) is 8.12. The van der Waals surface area contributed by atoms with Gasteiger partial charge in [0.05, 0.1) is 13.1 Å². The minimum atomic E-state index is -0.261. The number of carbonyl (C=O) groups excluding carboxylic acids is 1. The Morgan fingerprint density at radius 1 is 1.35 bits per heavy atom. The molecular formula is C20H31FN4O. The molecule has 1 aliphatic carbocycles. The number of hydrogen-bond acceptors (Lipinski definition) is 2. The Bertz CT molecular complexity index is 662. The van der Waals surface area contributed by atoms with E-state index in [2.05, 4.69) is 10.6 Å². The van der Waals surface area contributed by atoms with Gasteiger partial charge >= 0.3 is 0 Å². The number of nitrogens with zero attached hydrogens (tertiary/aromatic N) is 2. The van der Waals surface area contributed by atoms with Gasteiger partial charge in [-0.3, -0.25) is 9.79 Å². The molecule has 1 aromatic carbocycles. The van der Waals surface area contributed by atoms with Crippen molar-refractivity contribution in [3.8, 4) is 0 Å². The van der Waals surface area contributed by atoms with Gasteiger partial charge in [-0.25, -0.2) is 4.39 Å². The summed E-state index contributed by atoms with van der Waals surface area (Å²) < 4.78 is 13.6. The molecule has 0 spiro atoms. The zero-order valence-corrected chi connectivity index (χ0v) is 16.5. The van der Waals surface area contributed by atoms with Gasteiger partial charge in [-0.05, 0) is 58.2 Å². The summed E-state index contributed by atoms with van der Waals surface area (Å²) in [6.07, 6.45) is 2.02. The normalized spacial score (nSPS) is 16.2. The van der Waals surface area contributed by atoms with Gasteiger partial charge in [0.15, 0.2) is 5.96 Å². The molecule has 0 unspecified atom stereocenters. The summed E-state index contributed by atoms with van der Waals surface area (Å²) in [7, 11) is 1.85. The molecule has 1 aromatic rings. The Labute approximate surface area is 156 Å². The fourth-order valence-corrected chi connectivity index (χ4v) is 2.95. The molecule has 0 bridgehead atoms. The van der Waals surface area contributed by atoms with Gasteiger partial charge < -0.3 is 15.5 Å². The van der Waals surface area contributed by atoms with E-state index in [1.54, 1.807) is 12.1 Å². The number of aliphatic imine (C=N–C) groups is 1. The summed E-state index contributed by atoms with van der Waals surface area (Å²) in [6.45, 7) is 9.41. The monoisotopic (exact) mass is 362 g/mol. The summed E-state index contributed by atoms with van der Waals surface area (Å²) in [5, 5.41) is 6.19. The molecule has 0 heterocycles. The van der Waals surface area contributed by atoms with Crippen LogP contribution in [-0.4, -0.2) is 49.0 Å². The molecule has 0 radical (unpaired) electrons. The van der Waals surface area contributed by atoms with Crippen molar-refractivity contribution in [2.24, 2.45) is 4.99 Å². The van der Waals surface area contributed by atoms with Crippen LogP contribution in [0, 0.1) is 5.82 Å². The third kappa shape index (κ3) is 5.71. The van der Waals surface area contributed by atoms with Crippen LogP contribution < -0.4 is 10.6 Å². The lowest BCUT2D eigenvalue weighted by atomic mass is 9.96. The maximum atomic E-state index is 13.6. The van der Waals surface area contributed by atoms with Gasteiger partial charge in [0, 0.05) is 24.5 Å². The number of hydrogen-bond donors (Lipinski definition) is 2. The molecule has 26 heavy (non-hydrogen) atoms. The lowest BCUT2D eigenvalue weighted by Gasteiger charge is -2.26. The van der Waals surface area contributed by atoms with Crippen LogP contribution in [0.3, 0.4) is 0 Å². The van der Waals surface area contributed by atoms with Crippen LogP contribution in [0.5, 0.6) is 0 Å². The molecule has 1 fully saturated rings.